The Kier molecular flexibility index (Phi) is 5.87. The number of rotatable bonds is 7. The highest BCUT2D eigenvalue weighted by molar-refractivity contribution is 5.97. The number of carbonyl (C=O) groups is 2. The highest BCUT2D eigenvalue weighted by Crippen LogP contribution is 2.23. The number of amides is 2. The van der Waals surface area contributed by atoms with E-state index < -0.39 is 12.1 Å². The van der Waals surface area contributed by atoms with Gasteiger partial charge in [-0.25, -0.2) is 4.39 Å². The average Bonchev–Trinajstić information content (AvgIpc) is 3.17. The molecule has 2 fully saturated rings. The van der Waals surface area contributed by atoms with E-state index in [-0.39, 0.29) is 30.3 Å². The molecule has 0 bridgehead atoms. The molecule has 2 aromatic rings. The lowest BCUT2D eigenvalue weighted by atomic mass is 10.1. The Morgan fingerprint density at radius 3 is 2.66 bits per heavy atom. The van der Waals surface area contributed by atoms with Crippen LogP contribution in [0.4, 0.5) is 4.39 Å². The molecule has 6 nitrogen and oxygen atoms in total. The first-order valence-corrected chi connectivity index (χ1v) is 9.81. The molecule has 7 heteroatoms. The zero-order valence-corrected chi connectivity index (χ0v) is 16.0. The zero-order valence-electron chi connectivity index (χ0n) is 16.0. The molecule has 2 aromatic carbocycles. The van der Waals surface area contributed by atoms with Crippen LogP contribution in [0.5, 0.6) is 0 Å². The lowest BCUT2D eigenvalue weighted by Crippen LogP contribution is -2.62. The second kappa shape index (κ2) is 8.71. The van der Waals surface area contributed by atoms with Gasteiger partial charge in [-0.05, 0) is 18.1 Å². The summed E-state index contributed by atoms with van der Waals surface area (Å²) in [5.74, 6) is -0.550. The van der Waals surface area contributed by atoms with Crippen molar-refractivity contribution in [2.45, 2.75) is 37.7 Å². The summed E-state index contributed by atoms with van der Waals surface area (Å²) in [6, 6.07) is 15.1. The molecular formula is C22H24FN3O3. The van der Waals surface area contributed by atoms with Crippen LogP contribution in [0.3, 0.4) is 0 Å². The van der Waals surface area contributed by atoms with Gasteiger partial charge in [0.2, 0.25) is 11.8 Å². The SMILES string of the molecule is O=C1N[C@@H](COCc2ccccc2)C(=O)N2C[C@@H](NCc3ccccc3F)C[C@@H]12. The number of nitrogens with one attached hydrogen (secondary N) is 2. The van der Waals surface area contributed by atoms with Crippen molar-refractivity contribution in [2.24, 2.45) is 0 Å². The molecule has 3 atom stereocenters. The van der Waals surface area contributed by atoms with Gasteiger partial charge in [0.1, 0.15) is 17.9 Å². The number of nitrogens with zero attached hydrogens (tertiary/aromatic N) is 1. The predicted molar refractivity (Wildman–Crippen MR) is 105 cm³/mol. The van der Waals surface area contributed by atoms with E-state index in [0.29, 0.717) is 31.7 Å². The molecule has 2 heterocycles. The third kappa shape index (κ3) is 4.46. The number of carbonyl (C=O) groups excluding carboxylic acids is 2. The predicted octanol–water partition coefficient (Wildman–Crippen LogP) is 1.60. The molecule has 0 unspecified atom stereocenters. The van der Waals surface area contributed by atoms with Gasteiger partial charge in [0.15, 0.2) is 0 Å². The number of ether oxygens (including phenoxy) is 1. The fourth-order valence-corrected chi connectivity index (χ4v) is 3.88. The Hall–Kier alpha value is -2.77. The smallest absolute Gasteiger partial charge is 0.248 e. The van der Waals surface area contributed by atoms with E-state index in [0.717, 1.165) is 5.56 Å². The molecule has 2 aliphatic rings. The number of fused-ring (bicyclic) bond motifs is 1. The minimum absolute atomic E-state index is 0.0571. The minimum Gasteiger partial charge on any atom is -0.374 e. The first-order chi connectivity index (χ1) is 14.1. The molecule has 2 saturated heterocycles. The average molecular weight is 397 g/mol. The molecular weight excluding hydrogens is 373 g/mol. The van der Waals surface area contributed by atoms with E-state index in [2.05, 4.69) is 10.6 Å². The fourth-order valence-electron chi connectivity index (χ4n) is 3.88. The largest absolute Gasteiger partial charge is 0.374 e. The van der Waals surface area contributed by atoms with Crippen LogP contribution in [0.25, 0.3) is 0 Å². The third-order valence-corrected chi connectivity index (χ3v) is 5.44. The molecule has 2 amide bonds. The molecule has 0 saturated carbocycles. The standard InChI is InChI=1S/C22H24FN3O3/c23-18-9-5-4-8-16(18)11-24-17-10-20-21(27)25-19(22(28)26(20)12-17)14-29-13-15-6-2-1-3-7-15/h1-9,17,19-20,24H,10-14H2,(H,25,27)/t17-,19-,20-/m0/s1. The molecule has 2 aliphatic heterocycles. The van der Waals surface area contributed by atoms with Crippen LogP contribution in [-0.2, 0) is 27.5 Å². The molecule has 0 aromatic heterocycles. The van der Waals surface area contributed by atoms with Crippen LogP contribution in [-0.4, -0.2) is 48.0 Å². The lowest BCUT2D eigenvalue weighted by molar-refractivity contribution is -0.148. The van der Waals surface area contributed by atoms with Crippen molar-refractivity contribution < 1.29 is 18.7 Å². The molecule has 2 N–H and O–H groups in total. The summed E-state index contributed by atoms with van der Waals surface area (Å²) in [5.41, 5.74) is 1.58. The van der Waals surface area contributed by atoms with E-state index >= 15 is 0 Å². The lowest BCUT2D eigenvalue weighted by Gasteiger charge is -2.34. The fraction of sp³-hybridized carbons (Fsp3) is 0.364. The summed E-state index contributed by atoms with van der Waals surface area (Å²) in [5, 5.41) is 6.05. The van der Waals surface area contributed by atoms with Crippen LogP contribution in [0, 0.1) is 5.82 Å². The van der Waals surface area contributed by atoms with E-state index in [1.165, 1.54) is 6.07 Å². The van der Waals surface area contributed by atoms with E-state index in [1.807, 2.05) is 30.3 Å². The Balaban J connectivity index is 1.31. The van der Waals surface area contributed by atoms with Crippen molar-refractivity contribution in [3.05, 3.63) is 71.5 Å². The topological polar surface area (TPSA) is 70.7 Å². The molecule has 0 aliphatic carbocycles. The summed E-state index contributed by atoms with van der Waals surface area (Å²) in [6.45, 7) is 1.31. The summed E-state index contributed by atoms with van der Waals surface area (Å²) >= 11 is 0. The highest BCUT2D eigenvalue weighted by Gasteiger charge is 2.46. The second-order valence-electron chi connectivity index (χ2n) is 7.47. The Morgan fingerprint density at radius 1 is 1.10 bits per heavy atom. The van der Waals surface area contributed by atoms with Gasteiger partial charge in [0.05, 0.1) is 13.2 Å². The number of benzene rings is 2. The van der Waals surface area contributed by atoms with Crippen LogP contribution in [0.1, 0.15) is 17.5 Å². The van der Waals surface area contributed by atoms with Crippen molar-refractivity contribution in [2.75, 3.05) is 13.2 Å². The molecule has 152 valence electrons. The maximum atomic E-state index is 13.8. The van der Waals surface area contributed by atoms with E-state index in [1.54, 1.807) is 23.1 Å². The van der Waals surface area contributed by atoms with Gasteiger partial charge in [-0.2, -0.15) is 0 Å². The number of halogens is 1. The second-order valence-corrected chi connectivity index (χ2v) is 7.47. The Bertz CT molecular complexity index is 877. The molecule has 0 spiro atoms. The van der Waals surface area contributed by atoms with Crippen LogP contribution in [0.15, 0.2) is 54.6 Å². The van der Waals surface area contributed by atoms with Crippen LogP contribution in [0.2, 0.25) is 0 Å². The number of hydrogen-bond acceptors (Lipinski definition) is 4. The van der Waals surface area contributed by atoms with Crippen molar-refractivity contribution >= 4 is 11.8 Å². The third-order valence-electron chi connectivity index (χ3n) is 5.44. The van der Waals surface area contributed by atoms with Crippen molar-refractivity contribution in [1.29, 1.82) is 0 Å². The van der Waals surface area contributed by atoms with Gasteiger partial charge in [-0.1, -0.05) is 48.5 Å². The minimum atomic E-state index is -0.673. The maximum absolute atomic E-state index is 13.8. The van der Waals surface area contributed by atoms with Crippen LogP contribution < -0.4 is 10.6 Å². The highest BCUT2D eigenvalue weighted by atomic mass is 19.1. The van der Waals surface area contributed by atoms with E-state index in [4.69, 9.17) is 4.74 Å². The summed E-state index contributed by atoms with van der Waals surface area (Å²) in [6.07, 6.45) is 0.517. The maximum Gasteiger partial charge on any atom is 0.248 e. The summed E-state index contributed by atoms with van der Waals surface area (Å²) < 4.78 is 19.4. The molecule has 0 radical (unpaired) electrons. The normalized spacial score (nSPS) is 23.8. The van der Waals surface area contributed by atoms with Gasteiger partial charge in [0.25, 0.3) is 0 Å². The van der Waals surface area contributed by atoms with Gasteiger partial charge in [0, 0.05) is 24.7 Å². The summed E-state index contributed by atoms with van der Waals surface area (Å²) in [4.78, 5) is 26.9. The molecule has 29 heavy (non-hydrogen) atoms. The van der Waals surface area contributed by atoms with Gasteiger partial charge in [-0.15, -0.1) is 0 Å². The van der Waals surface area contributed by atoms with Crippen molar-refractivity contribution in [1.82, 2.24) is 15.5 Å². The van der Waals surface area contributed by atoms with Crippen LogP contribution >= 0.6 is 0 Å². The number of hydrogen-bond donors (Lipinski definition) is 2. The van der Waals surface area contributed by atoms with E-state index in [9.17, 15) is 14.0 Å². The first-order valence-electron chi connectivity index (χ1n) is 9.81. The Morgan fingerprint density at radius 2 is 1.86 bits per heavy atom. The van der Waals surface area contributed by atoms with Gasteiger partial charge in [-0.3, -0.25) is 9.59 Å². The monoisotopic (exact) mass is 397 g/mol. The Labute approximate surface area is 169 Å². The van der Waals surface area contributed by atoms with Crippen molar-refractivity contribution in [3.63, 3.8) is 0 Å². The quantitative estimate of drug-likeness (QED) is 0.745. The molecule has 4 rings (SSSR count). The zero-order chi connectivity index (χ0) is 20.2. The van der Waals surface area contributed by atoms with Crippen molar-refractivity contribution in [3.8, 4) is 0 Å². The summed E-state index contributed by atoms with van der Waals surface area (Å²) in [7, 11) is 0. The first kappa shape index (κ1) is 19.5. The van der Waals surface area contributed by atoms with Gasteiger partial charge >= 0.3 is 0 Å². The van der Waals surface area contributed by atoms with Gasteiger partial charge < -0.3 is 20.3 Å². The number of piperazine rings is 1.